The zero-order chi connectivity index (χ0) is 18.6. The Labute approximate surface area is 159 Å². The number of carbonyl (C=O) groups excluding carboxylic acids is 2. The van der Waals surface area contributed by atoms with Crippen molar-refractivity contribution in [1.29, 1.82) is 0 Å². The molecule has 3 saturated heterocycles. The normalized spacial score (nSPS) is 33.7. The lowest BCUT2D eigenvalue weighted by molar-refractivity contribution is -0.158. The van der Waals surface area contributed by atoms with Gasteiger partial charge in [-0.3, -0.25) is 9.59 Å². The molecule has 4 aliphatic rings. The molecule has 3 aliphatic heterocycles. The SMILES string of the molecule is COCC1(C(=O)N2CC[C@@]34O[C@@H](c5ccccc5)CN3C(=O)C[C@@H]24)CCC1. The molecule has 144 valence electrons. The second-order valence-corrected chi connectivity index (χ2v) is 8.40. The minimum atomic E-state index is -0.648. The average molecular weight is 370 g/mol. The summed E-state index contributed by atoms with van der Waals surface area (Å²) in [6.07, 6.45) is 3.76. The molecule has 5 rings (SSSR count). The van der Waals surface area contributed by atoms with Crippen LogP contribution in [0.5, 0.6) is 0 Å². The van der Waals surface area contributed by atoms with Crippen molar-refractivity contribution in [2.45, 2.75) is 50.0 Å². The van der Waals surface area contributed by atoms with Crippen molar-refractivity contribution < 1.29 is 19.1 Å². The fraction of sp³-hybridized carbons (Fsp3) is 0.619. The highest BCUT2D eigenvalue weighted by molar-refractivity contribution is 5.88. The summed E-state index contributed by atoms with van der Waals surface area (Å²) in [4.78, 5) is 30.0. The van der Waals surface area contributed by atoms with E-state index in [-0.39, 0.29) is 24.0 Å². The van der Waals surface area contributed by atoms with Crippen LogP contribution in [0.25, 0.3) is 0 Å². The molecule has 4 fully saturated rings. The lowest BCUT2D eigenvalue weighted by atomic mass is 9.68. The molecule has 6 nitrogen and oxygen atoms in total. The highest BCUT2D eigenvalue weighted by Crippen LogP contribution is 2.53. The molecule has 0 aromatic heterocycles. The molecule has 0 N–H and O–H groups in total. The van der Waals surface area contributed by atoms with Gasteiger partial charge in [0.2, 0.25) is 11.8 Å². The monoisotopic (exact) mass is 370 g/mol. The van der Waals surface area contributed by atoms with Crippen LogP contribution >= 0.6 is 0 Å². The maximum Gasteiger partial charge on any atom is 0.231 e. The van der Waals surface area contributed by atoms with E-state index in [0.29, 0.717) is 32.5 Å². The number of amides is 2. The Bertz CT molecular complexity index is 763. The Balaban J connectivity index is 1.42. The first kappa shape index (κ1) is 17.2. The molecule has 27 heavy (non-hydrogen) atoms. The minimum Gasteiger partial charge on any atom is -0.384 e. The van der Waals surface area contributed by atoms with Crippen molar-refractivity contribution in [3.05, 3.63) is 35.9 Å². The van der Waals surface area contributed by atoms with Gasteiger partial charge in [-0.25, -0.2) is 0 Å². The molecule has 1 aromatic rings. The molecule has 1 aliphatic carbocycles. The van der Waals surface area contributed by atoms with E-state index in [2.05, 4.69) is 0 Å². The van der Waals surface area contributed by atoms with Crippen molar-refractivity contribution >= 4 is 11.8 Å². The van der Waals surface area contributed by atoms with Gasteiger partial charge in [0.1, 0.15) is 6.10 Å². The molecular weight excluding hydrogens is 344 g/mol. The van der Waals surface area contributed by atoms with Crippen LogP contribution < -0.4 is 0 Å². The van der Waals surface area contributed by atoms with Gasteiger partial charge in [0.25, 0.3) is 0 Å². The predicted molar refractivity (Wildman–Crippen MR) is 97.6 cm³/mol. The van der Waals surface area contributed by atoms with Crippen LogP contribution in [-0.2, 0) is 19.1 Å². The number of benzene rings is 1. The van der Waals surface area contributed by atoms with Crippen molar-refractivity contribution in [3.8, 4) is 0 Å². The fourth-order valence-electron chi connectivity index (χ4n) is 5.51. The number of rotatable bonds is 4. The second kappa shape index (κ2) is 6.04. The summed E-state index contributed by atoms with van der Waals surface area (Å²) in [6, 6.07) is 9.88. The maximum atomic E-state index is 13.4. The topological polar surface area (TPSA) is 59.1 Å². The summed E-state index contributed by atoms with van der Waals surface area (Å²) in [5, 5.41) is 0. The number of methoxy groups -OCH3 is 1. The molecule has 2 amide bonds. The number of hydrogen-bond acceptors (Lipinski definition) is 4. The Morgan fingerprint density at radius 1 is 1.26 bits per heavy atom. The van der Waals surface area contributed by atoms with Crippen LogP contribution in [0, 0.1) is 5.41 Å². The molecule has 6 heteroatoms. The second-order valence-electron chi connectivity index (χ2n) is 8.40. The van der Waals surface area contributed by atoms with Gasteiger partial charge in [-0.1, -0.05) is 36.8 Å². The van der Waals surface area contributed by atoms with Gasteiger partial charge in [-0.2, -0.15) is 0 Å². The van der Waals surface area contributed by atoms with Gasteiger partial charge in [-0.15, -0.1) is 0 Å². The van der Waals surface area contributed by atoms with Gasteiger partial charge in [-0.05, 0) is 18.4 Å². The lowest BCUT2D eigenvalue weighted by Crippen LogP contribution is -2.55. The zero-order valence-electron chi connectivity index (χ0n) is 15.7. The van der Waals surface area contributed by atoms with E-state index in [0.717, 1.165) is 24.8 Å². The van der Waals surface area contributed by atoms with Crippen molar-refractivity contribution in [2.75, 3.05) is 26.8 Å². The van der Waals surface area contributed by atoms with Gasteiger partial charge in [0.15, 0.2) is 5.72 Å². The minimum absolute atomic E-state index is 0.102. The van der Waals surface area contributed by atoms with Crippen LogP contribution in [0.1, 0.15) is 43.8 Å². The molecule has 0 unspecified atom stereocenters. The molecule has 1 saturated carbocycles. The summed E-state index contributed by atoms with van der Waals surface area (Å²) in [5.41, 5.74) is 0.0480. The number of carbonyl (C=O) groups is 2. The first-order chi connectivity index (χ1) is 13.1. The van der Waals surface area contributed by atoms with Crippen LogP contribution in [-0.4, -0.2) is 60.2 Å². The van der Waals surface area contributed by atoms with E-state index in [1.165, 1.54) is 0 Å². The number of ether oxygens (including phenoxy) is 2. The van der Waals surface area contributed by atoms with E-state index in [1.54, 1.807) is 7.11 Å². The van der Waals surface area contributed by atoms with Gasteiger partial charge >= 0.3 is 0 Å². The Morgan fingerprint density at radius 3 is 2.70 bits per heavy atom. The molecule has 0 radical (unpaired) electrons. The predicted octanol–water partition coefficient (Wildman–Crippen LogP) is 2.10. The van der Waals surface area contributed by atoms with Crippen LogP contribution in [0.15, 0.2) is 30.3 Å². The molecule has 3 atom stereocenters. The average Bonchev–Trinajstić information content (AvgIpc) is 3.27. The summed E-state index contributed by atoms with van der Waals surface area (Å²) in [5.74, 6) is 0.254. The van der Waals surface area contributed by atoms with E-state index >= 15 is 0 Å². The largest absolute Gasteiger partial charge is 0.384 e. The summed E-state index contributed by atoms with van der Waals surface area (Å²) in [7, 11) is 1.66. The van der Waals surface area contributed by atoms with E-state index in [1.807, 2.05) is 40.1 Å². The van der Waals surface area contributed by atoms with E-state index in [9.17, 15) is 9.59 Å². The maximum absolute atomic E-state index is 13.4. The molecule has 0 bridgehead atoms. The van der Waals surface area contributed by atoms with E-state index in [4.69, 9.17) is 9.47 Å². The summed E-state index contributed by atoms with van der Waals surface area (Å²) in [6.45, 7) is 1.69. The molecule has 1 aromatic carbocycles. The Morgan fingerprint density at radius 2 is 2.04 bits per heavy atom. The lowest BCUT2D eigenvalue weighted by Gasteiger charge is -2.43. The van der Waals surface area contributed by atoms with Crippen LogP contribution in [0.3, 0.4) is 0 Å². The smallest absolute Gasteiger partial charge is 0.231 e. The zero-order valence-corrected chi connectivity index (χ0v) is 15.7. The quantitative estimate of drug-likeness (QED) is 0.815. The third kappa shape index (κ3) is 2.32. The van der Waals surface area contributed by atoms with Gasteiger partial charge in [0, 0.05) is 20.1 Å². The number of likely N-dealkylation sites (tertiary alicyclic amines) is 1. The highest BCUT2D eigenvalue weighted by Gasteiger charge is 2.66. The van der Waals surface area contributed by atoms with Gasteiger partial charge < -0.3 is 19.3 Å². The highest BCUT2D eigenvalue weighted by atomic mass is 16.5. The van der Waals surface area contributed by atoms with Crippen molar-refractivity contribution in [2.24, 2.45) is 5.41 Å². The fourth-order valence-corrected chi connectivity index (χ4v) is 5.51. The Kier molecular flexibility index (Phi) is 3.85. The van der Waals surface area contributed by atoms with Crippen LogP contribution in [0.2, 0.25) is 0 Å². The third-order valence-electron chi connectivity index (χ3n) is 7.05. The third-order valence-corrected chi connectivity index (χ3v) is 7.05. The molecule has 1 spiro atoms. The van der Waals surface area contributed by atoms with E-state index < -0.39 is 11.1 Å². The summed E-state index contributed by atoms with van der Waals surface area (Å²) < 4.78 is 11.9. The standard InChI is InChI=1S/C21H26N2O4/c1-26-14-20(8-5-9-20)19(25)22-11-10-21-17(22)12-18(24)23(21)13-16(27-21)15-6-3-2-4-7-15/h2-4,6-7,16-17H,5,8-14H2,1H3/t16-,17-,21+/m1/s1. The first-order valence-corrected chi connectivity index (χ1v) is 9.93. The molecular formula is C21H26N2O4. The summed E-state index contributed by atoms with van der Waals surface area (Å²) >= 11 is 0. The Hall–Kier alpha value is -1.92. The number of nitrogens with zero attached hydrogens (tertiary/aromatic N) is 2. The van der Waals surface area contributed by atoms with Crippen molar-refractivity contribution in [3.63, 3.8) is 0 Å². The van der Waals surface area contributed by atoms with Crippen LogP contribution in [0.4, 0.5) is 0 Å². The van der Waals surface area contributed by atoms with Crippen molar-refractivity contribution in [1.82, 2.24) is 9.80 Å². The number of hydrogen-bond donors (Lipinski definition) is 0. The molecule has 3 heterocycles. The van der Waals surface area contributed by atoms with Gasteiger partial charge in [0.05, 0.1) is 31.0 Å². The first-order valence-electron chi connectivity index (χ1n) is 9.93.